The Morgan fingerprint density at radius 2 is 2.12 bits per heavy atom. The first-order valence-electron chi connectivity index (χ1n) is 5.26. The van der Waals surface area contributed by atoms with E-state index in [4.69, 9.17) is 11.6 Å². The Balaban J connectivity index is 0.00000256. The van der Waals surface area contributed by atoms with E-state index in [2.05, 4.69) is 10.6 Å². The zero-order valence-corrected chi connectivity index (χ0v) is 11.8. The molecule has 0 spiro atoms. The minimum absolute atomic E-state index is 0. The Morgan fingerprint density at radius 1 is 1.47 bits per heavy atom. The fourth-order valence-electron chi connectivity index (χ4n) is 1.28. The highest BCUT2D eigenvalue weighted by molar-refractivity contribution is 6.31. The lowest BCUT2D eigenvalue weighted by molar-refractivity contribution is 0.0950. The molecule has 0 aliphatic heterocycles. The molecule has 1 aromatic carbocycles. The van der Waals surface area contributed by atoms with Crippen molar-refractivity contribution in [2.45, 2.75) is 19.9 Å². The van der Waals surface area contributed by atoms with Gasteiger partial charge in [-0.15, -0.1) is 12.4 Å². The van der Waals surface area contributed by atoms with Crippen molar-refractivity contribution in [1.29, 1.82) is 0 Å². The van der Waals surface area contributed by atoms with Gasteiger partial charge in [-0.3, -0.25) is 4.79 Å². The van der Waals surface area contributed by atoms with Crippen LogP contribution in [0.3, 0.4) is 0 Å². The van der Waals surface area contributed by atoms with Gasteiger partial charge < -0.3 is 10.6 Å². The SMILES string of the molecule is CNC(C)CNC(=O)c1cc(Cl)ccc1C.Cl. The smallest absolute Gasteiger partial charge is 0.251 e. The predicted molar refractivity (Wildman–Crippen MR) is 74.3 cm³/mol. The van der Waals surface area contributed by atoms with Crippen molar-refractivity contribution < 1.29 is 4.79 Å². The van der Waals surface area contributed by atoms with E-state index in [0.717, 1.165) is 5.56 Å². The van der Waals surface area contributed by atoms with Crippen LogP contribution in [0.15, 0.2) is 18.2 Å². The van der Waals surface area contributed by atoms with Crippen molar-refractivity contribution >= 4 is 29.9 Å². The maximum atomic E-state index is 11.8. The van der Waals surface area contributed by atoms with Crippen LogP contribution in [0.1, 0.15) is 22.8 Å². The number of likely N-dealkylation sites (N-methyl/N-ethyl adjacent to an activating group) is 1. The van der Waals surface area contributed by atoms with E-state index in [9.17, 15) is 4.79 Å². The molecule has 0 saturated heterocycles. The standard InChI is InChI=1S/C12H17ClN2O.ClH/c1-8-4-5-10(13)6-11(8)12(16)15-7-9(2)14-3;/h4-6,9,14H,7H2,1-3H3,(H,15,16);1H. The number of carbonyl (C=O) groups is 1. The summed E-state index contributed by atoms with van der Waals surface area (Å²) in [5.41, 5.74) is 1.56. The second-order valence-corrected chi connectivity index (χ2v) is 4.30. The van der Waals surface area contributed by atoms with Crippen molar-refractivity contribution in [3.8, 4) is 0 Å². The third kappa shape index (κ3) is 4.94. The number of amides is 1. The number of carbonyl (C=O) groups excluding carboxylic acids is 1. The average molecular weight is 277 g/mol. The molecule has 0 fully saturated rings. The fraction of sp³-hybridized carbons (Fsp3) is 0.417. The zero-order chi connectivity index (χ0) is 12.1. The maximum absolute atomic E-state index is 11.8. The number of hydrogen-bond donors (Lipinski definition) is 2. The van der Waals surface area contributed by atoms with Gasteiger partial charge in [0.25, 0.3) is 5.91 Å². The highest BCUT2D eigenvalue weighted by Crippen LogP contribution is 2.15. The van der Waals surface area contributed by atoms with Crippen molar-refractivity contribution in [3.63, 3.8) is 0 Å². The average Bonchev–Trinajstić information content (AvgIpc) is 2.28. The van der Waals surface area contributed by atoms with Crippen LogP contribution in [0.5, 0.6) is 0 Å². The third-order valence-corrected chi connectivity index (χ3v) is 2.74. The summed E-state index contributed by atoms with van der Waals surface area (Å²) in [5, 5.41) is 6.50. The van der Waals surface area contributed by atoms with Gasteiger partial charge in [0.15, 0.2) is 0 Å². The fourth-order valence-corrected chi connectivity index (χ4v) is 1.45. The van der Waals surface area contributed by atoms with Gasteiger partial charge in [-0.25, -0.2) is 0 Å². The van der Waals surface area contributed by atoms with E-state index in [1.54, 1.807) is 12.1 Å². The molecule has 0 heterocycles. The van der Waals surface area contributed by atoms with Gasteiger partial charge >= 0.3 is 0 Å². The molecule has 17 heavy (non-hydrogen) atoms. The molecule has 1 unspecified atom stereocenters. The molecule has 1 atom stereocenters. The molecule has 0 aromatic heterocycles. The molecule has 0 bridgehead atoms. The van der Waals surface area contributed by atoms with Crippen LogP contribution in [-0.2, 0) is 0 Å². The Kier molecular flexibility index (Phi) is 7.19. The first-order valence-corrected chi connectivity index (χ1v) is 5.64. The summed E-state index contributed by atoms with van der Waals surface area (Å²) >= 11 is 5.86. The van der Waals surface area contributed by atoms with Crippen molar-refractivity contribution in [2.24, 2.45) is 0 Å². The van der Waals surface area contributed by atoms with E-state index < -0.39 is 0 Å². The number of halogens is 2. The van der Waals surface area contributed by atoms with E-state index in [1.807, 2.05) is 27.0 Å². The highest BCUT2D eigenvalue weighted by atomic mass is 35.5. The van der Waals surface area contributed by atoms with Crippen molar-refractivity contribution in [1.82, 2.24) is 10.6 Å². The predicted octanol–water partition coefficient (Wildman–Crippen LogP) is 2.41. The first-order chi connectivity index (χ1) is 7.54. The quantitative estimate of drug-likeness (QED) is 0.887. The van der Waals surface area contributed by atoms with Gasteiger partial charge in [-0.1, -0.05) is 17.7 Å². The van der Waals surface area contributed by atoms with Crippen LogP contribution < -0.4 is 10.6 Å². The molecule has 0 saturated carbocycles. The lowest BCUT2D eigenvalue weighted by Crippen LogP contribution is -2.37. The van der Waals surface area contributed by atoms with Gasteiger partial charge in [0, 0.05) is 23.2 Å². The molecule has 1 amide bonds. The van der Waals surface area contributed by atoms with Crippen LogP contribution >= 0.6 is 24.0 Å². The van der Waals surface area contributed by atoms with Crippen molar-refractivity contribution in [2.75, 3.05) is 13.6 Å². The summed E-state index contributed by atoms with van der Waals surface area (Å²) < 4.78 is 0. The van der Waals surface area contributed by atoms with Crippen LogP contribution in [-0.4, -0.2) is 25.5 Å². The van der Waals surface area contributed by atoms with Gasteiger partial charge in [0.1, 0.15) is 0 Å². The maximum Gasteiger partial charge on any atom is 0.251 e. The van der Waals surface area contributed by atoms with Crippen molar-refractivity contribution in [3.05, 3.63) is 34.3 Å². The van der Waals surface area contributed by atoms with Gasteiger partial charge in [0.2, 0.25) is 0 Å². The van der Waals surface area contributed by atoms with Crippen LogP contribution in [0.2, 0.25) is 5.02 Å². The second-order valence-electron chi connectivity index (χ2n) is 3.86. The number of rotatable bonds is 4. The second kappa shape index (κ2) is 7.54. The summed E-state index contributed by atoms with van der Waals surface area (Å²) in [6, 6.07) is 5.57. The van der Waals surface area contributed by atoms with E-state index in [0.29, 0.717) is 17.1 Å². The lowest BCUT2D eigenvalue weighted by atomic mass is 10.1. The topological polar surface area (TPSA) is 41.1 Å². The minimum atomic E-state index is -0.0814. The van der Waals surface area contributed by atoms with Crippen LogP contribution in [0, 0.1) is 6.92 Å². The third-order valence-electron chi connectivity index (χ3n) is 2.51. The number of aryl methyl sites for hydroxylation is 1. The zero-order valence-electron chi connectivity index (χ0n) is 10.2. The summed E-state index contributed by atoms with van der Waals surface area (Å²) in [6.45, 7) is 4.50. The first kappa shape index (κ1) is 16.2. The molecule has 0 aliphatic rings. The monoisotopic (exact) mass is 276 g/mol. The highest BCUT2D eigenvalue weighted by Gasteiger charge is 2.09. The van der Waals surface area contributed by atoms with E-state index in [-0.39, 0.29) is 24.4 Å². The number of benzene rings is 1. The van der Waals surface area contributed by atoms with Crippen LogP contribution in [0.25, 0.3) is 0 Å². The van der Waals surface area contributed by atoms with E-state index >= 15 is 0 Å². The molecule has 1 aromatic rings. The summed E-state index contributed by atoms with van der Waals surface area (Å²) in [5.74, 6) is -0.0814. The Bertz CT molecular complexity index is 383. The Hall–Kier alpha value is -0.770. The lowest BCUT2D eigenvalue weighted by Gasteiger charge is -2.12. The van der Waals surface area contributed by atoms with Gasteiger partial charge in [-0.05, 0) is 38.6 Å². The number of nitrogens with one attached hydrogen (secondary N) is 2. The molecule has 5 heteroatoms. The van der Waals surface area contributed by atoms with Crippen LogP contribution in [0.4, 0.5) is 0 Å². The molecular formula is C12H18Cl2N2O. The molecule has 1 rings (SSSR count). The molecule has 96 valence electrons. The Labute approximate surface area is 113 Å². The summed E-state index contributed by atoms with van der Waals surface area (Å²) in [7, 11) is 1.86. The molecule has 0 aliphatic carbocycles. The van der Waals surface area contributed by atoms with Gasteiger partial charge in [0.05, 0.1) is 0 Å². The summed E-state index contributed by atoms with van der Waals surface area (Å²) in [4.78, 5) is 11.8. The minimum Gasteiger partial charge on any atom is -0.350 e. The normalized spacial score (nSPS) is 11.5. The summed E-state index contributed by atoms with van der Waals surface area (Å²) in [6.07, 6.45) is 0. The number of hydrogen-bond acceptors (Lipinski definition) is 2. The van der Waals surface area contributed by atoms with Gasteiger partial charge in [-0.2, -0.15) is 0 Å². The molecule has 0 radical (unpaired) electrons. The van der Waals surface area contributed by atoms with E-state index in [1.165, 1.54) is 0 Å². The molecular weight excluding hydrogens is 259 g/mol. The largest absolute Gasteiger partial charge is 0.350 e. The molecule has 3 nitrogen and oxygen atoms in total. The molecule has 2 N–H and O–H groups in total. The Morgan fingerprint density at radius 3 is 2.71 bits per heavy atom.